The van der Waals surface area contributed by atoms with Crippen molar-refractivity contribution in [2.45, 2.75) is 11.7 Å². The molecular formula is C14H11N3OS2. The summed E-state index contributed by atoms with van der Waals surface area (Å²) < 4.78 is 0. The molecule has 0 aromatic carbocycles. The maximum atomic E-state index is 12.4. The number of pyridine rings is 1. The molecule has 0 saturated carbocycles. The zero-order valence-electron chi connectivity index (χ0n) is 10.5. The first-order valence-corrected chi connectivity index (χ1v) is 8.05. The highest BCUT2D eigenvalue weighted by molar-refractivity contribution is 8.00. The first-order valence-electron chi connectivity index (χ1n) is 6.12. The topological polar surface area (TPSA) is 65.8 Å². The predicted molar refractivity (Wildman–Crippen MR) is 80.8 cm³/mol. The minimum absolute atomic E-state index is 0.0722. The van der Waals surface area contributed by atoms with Crippen LogP contribution in [-0.4, -0.2) is 16.6 Å². The molecule has 1 aliphatic heterocycles. The number of nitrogens with zero attached hydrogens (tertiary/aromatic N) is 2. The van der Waals surface area contributed by atoms with Crippen LogP contribution in [-0.2, 0) is 11.2 Å². The fraction of sp³-hybridized carbons (Fsp3) is 0.214. The maximum Gasteiger partial charge on any atom is 0.242 e. The van der Waals surface area contributed by atoms with Gasteiger partial charge in [0.15, 0.2) is 0 Å². The third-order valence-corrected chi connectivity index (χ3v) is 5.35. The molecule has 0 aliphatic carbocycles. The Morgan fingerprint density at radius 1 is 1.50 bits per heavy atom. The van der Waals surface area contributed by atoms with Crippen molar-refractivity contribution < 1.29 is 4.79 Å². The smallest absolute Gasteiger partial charge is 0.242 e. The van der Waals surface area contributed by atoms with Crippen LogP contribution in [0.5, 0.6) is 0 Å². The summed E-state index contributed by atoms with van der Waals surface area (Å²) in [5.74, 6) is 0.879. The van der Waals surface area contributed by atoms with Crippen LogP contribution in [0.1, 0.15) is 21.3 Å². The first kappa shape index (κ1) is 13.2. The lowest BCUT2D eigenvalue weighted by atomic mass is 10.1. The summed E-state index contributed by atoms with van der Waals surface area (Å²) in [6, 6.07) is 5.71. The Morgan fingerprint density at radius 3 is 3.25 bits per heavy atom. The lowest BCUT2D eigenvalue weighted by molar-refractivity contribution is -0.115. The SMILES string of the molecule is N#Cc1cnccc1NC(=O)C1SCCc2sccc21. The van der Waals surface area contributed by atoms with Crippen LogP contribution in [0.3, 0.4) is 0 Å². The highest BCUT2D eigenvalue weighted by Gasteiger charge is 2.28. The van der Waals surface area contributed by atoms with Crippen LogP contribution >= 0.6 is 23.1 Å². The lowest BCUT2D eigenvalue weighted by Gasteiger charge is -2.21. The van der Waals surface area contributed by atoms with Gasteiger partial charge in [0.1, 0.15) is 11.3 Å². The average molecular weight is 301 g/mol. The van der Waals surface area contributed by atoms with E-state index in [-0.39, 0.29) is 11.2 Å². The largest absolute Gasteiger partial charge is 0.324 e. The first-order chi connectivity index (χ1) is 9.79. The molecule has 0 spiro atoms. The summed E-state index contributed by atoms with van der Waals surface area (Å²) in [6.07, 6.45) is 4.06. The second kappa shape index (κ2) is 5.65. The van der Waals surface area contributed by atoms with Gasteiger partial charge >= 0.3 is 0 Å². The summed E-state index contributed by atoms with van der Waals surface area (Å²) in [6.45, 7) is 0. The number of thiophene rings is 1. The molecule has 1 unspecified atom stereocenters. The molecule has 0 bridgehead atoms. The van der Waals surface area contributed by atoms with Crippen LogP contribution in [0.2, 0.25) is 0 Å². The third-order valence-electron chi connectivity index (χ3n) is 3.11. The standard InChI is InChI=1S/C14H11N3OS2/c15-7-9-8-16-4-1-11(9)17-14(18)13-10-2-5-19-12(10)3-6-20-13/h1-2,4-5,8,13H,3,6H2,(H,16,17,18). The molecule has 0 fully saturated rings. The van der Waals surface area contributed by atoms with E-state index >= 15 is 0 Å². The van der Waals surface area contributed by atoms with Crippen molar-refractivity contribution in [1.82, 2.24) is 4.98 Å². The number of fused-ring (bicyclic) bond motifs is 1. The number of thioether (sulfide) groups is 1. The molecule has 1 N–H and O–H groups in total. The highest BCUT2D eigenvalue weighted by atomic mass is 32.2. The normalized spacial score (nSPS) is 17.1. The fourth-order valence-electron chi connectivity index (χ4n) is 2.15. The Bertz CT molecular complexity index is 690. The Morgan fingerprint density at radius 2 is 2.40 bits per heavy atom. The Hall–Kier alpha value is -1.84. The van der Waals surface area contributed by atoms with E-state index in [1.807, 2.05) is 17.5 Å². The van der Waals surface area contributed by atoms with Gasteiger partial charge in [-0.3, -0.25) is 9.78 Å². The molecule has 100 valence electrons. The van der Waals surface area contributed by atoms with Gasteiger partial charge in [0.2, 0.25) is 5.91 Å². The quantitative estimate of drug-likeness (QED) is 0.926. The summed E-state index contributed by atoms with van der Waals surface area (Å²) >= 11 is 3.35. The zero-order chi connectivity index (χ0) is 13.9. The Labute approximate surface area is 124 Å². The number of rotatable bonds is 2. The highest BCUT2D eigenvalue weighted by Crippen LogP contribution is 2.40. The van der Waals surface area contributed by atoms with Crippen LogP contribution in [0, 0.1) is 11.3 Å². The van der Waals surface area contributed by atoms with Gasteiger partial charge in [-0.25, -0.2) is 0 Å². The van der Waals surface area contributed by atoms with Gasteiger partial charge in [-0.15, -0.1) is 23.1 Å². The van der Waals surface area contributed by atoms with E-state index in [0.29, 0.717) is 11.3 Å². The molecule has 1 aliphatic rings. The molecule has 3 heterocycles. The monoisotopic (exact) mass is 301 g/mol. The van der Waals surface area contributed by atoms with E-state index in [1.165, 1.54) is 11.1 Å². The third kappa shape index (κ3) is 2.42. The maximum absolute atomic E-state index is 12.4. The van der Waals surface area contributed by atoms with Crippen LogP contribution in [0.4, 0.5) is 5.69 Å². The number of hydrogen-bond acceptors (Lipinski definition) is 5. The van der Waals surface area contributed by atoms with E-state index in [0.717, 1.165) is 17.7 Å². The van der Waals surface area contributed by atoms with Crippen LogP contribution in [0.25, 0.3) is 0 Å². The van der Waals surface area contributed by atoms with E-state index in [9.17, 15) is 4.79 Å². The van der Waals surface area contributed by atoms with Gasteiger partial charge < -0.3 is 5.32 Å². The number of aromatic nitrogens is 1. The van der Waals surface area contributed by atoms with Crippen molar-refractivity contribution in [2.75, 3.05) is 11.1 Å². The summed E-state index contributed by atoms with van der Waals surface area (Å²) in [5.41, 5.74) is 2.01. The van der Waals surface area contributed by atoms with Gasteiger partial charge in [-0.2, -0.15) is 5.26 Å². The Kier molecular flexibility index (Phi) is 3.72. The minimum atomic E-state index is -0.190. The van der Waals surface area contributed by atoms with E-state index in [4.69, 9.17) is 5.26 Å². The second-order valence-electron chi connectivity index (χ2n) is 4.32. The molecule has 1 amide bonds. The average Bonchev–Trinajstić information content (AvgIpc) is 2.96. The molecule has 3 rings (SSSR count). The van der Waals surface area contributed by atoms with Crippen molar-refractivity contribution in [1.29, 1.82) is 5.26 Å². The van der Waals surface area contributed by atoms with Gasteiger partial charge in [0, 0.05) is 17.3 Å². The summed E-state index contributed by atoms with van der Waals surface area (Å²) in [4.78, 5) is 17.6. The summed E-state index contributed by atoms with van der Waals surface area (Å²) in [5, 5.41) is 13.7. The van der Waals surface area contributed by atoms with Crippen molar-refractivity contribution >= 4 is 34.7 Å². The molecular weight excluding hydrogens is 290 g/mol. The van der Waals surface area contributed by atoms with Crippen molar-refractivity contribution in [3.05, 3.63) is 45.9 Å². The predicted octanol–water partition coefficient (Wildman–Crippen LogP) is 2.98. The van der Waals surface area contributed by atoms with E-state index in [1.54, 1.807) is 35.4 Å². The molecule has 2 aromatic heterocycles. The minimum Gasteiger partial charge on any atom is -0.324 e. The van der Waals surface area contributed by atoms with E-state index in [2.05, 4.69) is 10.3 Å². The van der Waals surface area contributed by atoms with Crippen molar-refractivity contribution in [2.24, 2.45) is 0 Å². The van der Waals surface area contributed by atoms with Gasteiger partial charge in [0.05, 0.1) is 11.3 Å². The second-order valence-corrected chi connectivity index (χ2v) is 6.54. The van der Waals surface area contributed by atoms with Gasteiger partial charge in [-0.05, 0) is 35.2 Å². The van der Waals surface area contributed by atoms with Crippen LogP contribution in [0.15, 0.2) is 29.9 Å². The molecule has 20 heavy (non-hydrogen) atoms. The number of anilines is 1. The number of amides is 1. The zero-order valence-corrected chi connectivity index (χ0v) is 12.1. The molecule has 0 saturated heterocycles. The molecule has 1 atom stereocenters. The number of carbonyl (C=O) groups excluding carboxylic acids is 1. The molecule has 2 aromatic rings. The fourth-order valence-corrected chi connectivity index (χ4v) is 4.45. The van der Waals surface area contributed by atoms with Crippen LogP contribution < -0.4 is 5.32 Å². The van der Waals surface area contributed by atoms with Gasteiger partial charge in [-0.1, -0.05) is 0 Å². The lowest BCUT2D eigenvalue weighted by Crippen LogP contribution is -2.22. The Balaban J connectivity index is 1.83. The number of hydrogen-bond donors (Lipinski definition) is 1. The summed E-state index contributed by atoms with van der Waals surface area (Å²) in [7, 11) is 0. The molecule has 4 nitrogen and oxygen atoms in total. The number of carbonyl (C=O) groups is 1. The van der Waals surface area contributed by atoms with E-state index < -0.39 is 0 Å². The number of nitriles is 1. The van der Waals surface area contributed by atoms with Crippen molar-refractivity contribution in [3.8, 4) is 6.07 Å². The van der Waals surface area contributed by atoms with Gasteiger partial charge in [0.25, 0.3) is 0 Å². The number of nitrogens with one attached hydrogen (secondary N) is 1. The number of aryl methyl sites for hydroxylation is 1. The van der Waals surface area contributed by atoms with Crippen molar-refractivity contribution in [3.63, 3.8) is 0 Å². The molecule has 6 heteroatoms. The molecule has 0 radical (unpaired) electrons.